The minimum absolute atomic E-state index is 0.0507. The van der Waals surface area contributed by atoms with E-state index in [0.29, 0.717) is 5.69 Å². The van der Waals surface area contributed by atoms with Crippen molar-refractivity contribution in [3.8, 4) is 16.9 Å². The molecule has 228 valence electrons. The smallest absolute Gasteiger partial charge is 0.271 e. The third kappa shape index (κ3) is 5.68. The molecule has 0 saturated heterocycles. The number of nitrogens with zero attached hydrogens (tertiary/aromatic N) is 3. The lowest BCUT2D eigenvalue weighted by molar-refractivity contribution is -0.0147. The number of amides is 1. The molecule has 0 radical (unpaired) electrons. The van der Waals surface area contributed by atoms with Crippen molar-refractivity contribution >= 4 is 26.8 Å². The van der Waals surface area contributed by atoms with E-state index in [2.05, 4.69) is 0 Å². The van der Waals surface area contributed by atoms with Crippen LogP contribution in [0.15, 0.2) is 77.7 Å². The molecule has 0 unspecified atom stereocenters. The van der Waals surface area contributed by atoms with Gasteiger partial charge in [-0.1, -0.05) is 61.5 Å². The summed E-state index contributed by atoms with van der Waals surface area (Å²) in [4.78, 5) is 16.2. The van der Waals surface area contributed by atoms with Gasteiger partial charge in [-0.15, -0.1) is 0 Å². The number of aromatic nitrogens is 1. The molecule has 4 aromatic rings. The molecule has 1 aliphatic heterocycles. The summed E-state index contributed by atoms with van der Waals surface area (Å²) in [5.41, 5.74) is 4.06. The van der Waals surface area contributed by atoms with E-state index < -0.39 is 22.2 Å². The molecule has 3 atom stereocenters. The standard InChI is InChI=1S/C33H39N3O6S/c1-22-18-36(23(2)20-37)33(38)32-31(26-14-8-9-15-27(26)35(32)4)25-13-7-6-12-24(25)21-42-29(22)19-34(3)43(39,40)30-17-11-10-16-28(30)41-5/h6-17,22-23,29,37H,18-21H2,1-5H3/t22-,23-,29+/m0/s1. The van der Waals surface area contributed by atoms with Gasteiger partial charge in [-0.2, -0.15) is 4.31 Å². The number of methoxy groups -OCH3 is 1. The number of aliphatic hydroxyl groups excluding tert-OH is 1. The van der Waals surface area contributed by atoms with Crippen LogP contribution in [0.2, 0.25) is 0 Å². The van der Waals surface area contributed by atoms with Crippen LogP contribution in [0.25, 0.3) is 22.0 Å². The van der Waals surface area contributed by atoms with Gasteiger partial charge in [0.05, 0.1) is 32.5 Å². The van der Waals surface area contributed by atoms with Crippen molar-refractivity contribution in [1.29, 1.82) is 0 Å². The minimum atomic E-state index is -3.92. The molecule has 1 aliphatic rings. The number of benzene rings is 3. The van der Waals surface area contributed by atoms with Crippen LogP contribution >= 0.6 is 0 Å². The van der Waals surface area contributed by atoms with Crippen LogP contribution in [0, 0.1) is 5.92 Å². The van der Waals surface area contributed by atoms with Crippen molar-refractivity contribution in [1.82, 2.24) is 13.8 Å². The molecular weight excluding hydrogens is 566 g/mol. The van der Waals surface area contributed by atoms with Crippen molar-refractivity contribution in [2.24, 2.45) is 13.0 Å². The molecule has 0 spiro atoms. The molecule has 0 aliphatic carbocycles. The van der Waals surface area contributed by atoms with E-state index in [1.165, 1.54) is 24.5 Å². The number of aliphatic hydroxyl groups is 1. The largest absolute Gasteiger partial charge is 0.495 e. The number of hydrogen-bond donors (Lipinski definition) is 1. The van der Waals surface area contributed by atoms with Gasteiger partial charge in [0.2, 0.25) is 10.0 Å². The maximum Gasteiger partial charge on any atom is 0.271 e. The quantitative estimate of drug-likeness (QED) is 0.332. The van der Waals surface area contributed by atoms with Gasteiger partial charge >= 0.3 is 0 Å². The van der Waals surface area contributed by atoms with Crippen LogP contribution in [0.1, 0.15) is 29.9 Å². The van der Waals surface area contributed by atoms with Gasteiger partial charge in [-0.3, -0.25) is 4.79 Å². The third-order valence-corrected chi connectivity index (χ3v) is 10.3. The summed E-state index contributed by atoms with van der Waals surface area (Å²) in [5.74, 6) is -0.220. The zero-order chi connectivity index (χ0) is 30.9. The average molecular weight is 606 g/mol. The number of carbonyl (C=O) groups is 1. The van der Waals surface area contributed by atoms with E-state index in [9.17, 15) is 18.3 Å². The lowest BCUT2D eigenvalue weighted by atomic mass is 9.96. The van der Waals surface area contributed by atoms with Gasteiger partial charge in [0, 0.05) is 49.6 Å². The second-order valence-electron chi connectivity index (χ2n) is 11.2. The van der Waals surface area contributed by atoms with Gasteiger partial charge < -0.3 is 24.0 Å². The molecule has 3 aromatic carbocycles. The second-order valence-corrected chi connectivity index (χ2v) is 13.2. The number of hydrogen-bond acceptors (Lipinski definition) is 6. The number of carbonyl (C=O) groups excluding carboxylic acids is 1. The Morgan fingerprint density at radius 2 is 1.74 bits per heavy atom. The van der Waals surface area contributed by atoms with Crippen LogP contribution in [-0.4, -0.2) is 79.2 Å². The molecule has 0 fully saturated rings. The van der Waals surface area contributed by atoms with Crippen molar-refractivity contribution in [3.63, 3.8) is 0 Å². The summed E-state index contributed by atoms with van der Waals surface area (Å²) in [7, 11) is 0.944. The van der Waals surface area contributed by atoms with Crippen LogP contribution in [0.5, 0.6) is 5.75 Å². The van der Waals surface area contributed by atoms with Crippen molar-refractivity contribution in [3.05, 3.63) is 84.1 Å². The average Bonchev–Trinajstić information content (AvgIpc) is 3.31. The zero-order valence-corrected chi connectivity index (χ0v) is 26.0. The van der Waals surface area contributed by atoms with Crippen LogP contribution in [0.4, 0.5) is 0 Å². The maximum absolute atomic E-state index is 14.5. The molecule has 1 N–H and O–H groups in total. The molecule has 1 aromatic heterocycles. The Kier molecular flexibility index (Phi) is 8.94. The summed E-state index contributed by atoms with van der Waals surface area (Å²) >= 11 is 0. The number of likely N-dealkylation sites (N-methyl/N-ethyl adjacent to an activating group) is 1. The van der Waals surface area contributed by atoms with E-state index in [1.54, 1.807) is 23.1 Å². The fourth-order valence-electron chi connectivity index (χ4n) is 5.88. The molecule has 43 heavy (non-hydrogen) atoms. The molecule has 2 heterocycles. The van der Waals surface area contributed by atoms with Crippen molar-refractivity contribution in [2.45, 2.75) is 37.5 Å². The van der Waals surface area contributed by atoms with Gasteiger partial charge in [0.1, 0.15) is 16.3 Å². The number of sulfonamides is 1. The predicted molar refractivity (Wildman–Crippen MR) is 166 cm³/mol. The van der Waals surface area contributed by atoms with Crippen molar-refractivity contribution < 1.29 is 27.8 Å². The normalized spacial score (nSPS) is 18.7. The van der Waals surface area contributed by atoms with Crippen LogP contribution in [0.3, 0.4) is 0 Å². The van der Waals surface area contributed by atoms with Crippen LogP contribution < -0.4 is 4.74 Å². The highest BCUT2D eigenvalue weighted by Gasteiger charge is 2.35. The fourth-order valence-corrected chi connectivity index (χ4v) is 7.21. The SMILES string of the molecule is COc1ccccc1S(=O)(=O)N(C)C[C@H]1OCc2ccccc2-c2c(n(C)c3ccccc23)C(=O)N([C@@H](C)CO)C[C@@H]1C. The first-order valence-electron chi connectivity index (χ1n) is 14.4. The fraction of sp³-hybridized carbons (Fsp3) is 0.364. The summed E-state index contributed by atoms with van der Waals surface area (Å²) in [6.45, 7) is 4.07. The van der Waals surface area contributed by atoms with E-state index >= 15 is 0 Å². The Morgan fingerprint density at radius 1 is 1.07 bits per heavy atom. The highest BCUT2D eigenvalue weighted by molar-refractivity contribution is 7.89. The van der Waals surface area contributed by atoms with Crippen LogP contribution in [-0.2, 0) is 28.4 Å². The Labute approximate surface area is 253 Å². The third-order valence-electron chi connectivity index (χ3n) is 8.42. The Balaban J connectivity index is 1.60. The van der Waals surface area contributed by atoms with E-state index in [-0.39, 0.29) is 48.8 Å². The molecule has 5 rings (SSSR count). The first-order chi connectivity index (χ1) is 20.6. The monoisotopic (exact) mass is 605 g/mol. The first kappa shape index (κ1) is 30.7. The van der Waals surface area contributed by atoms with E-state index in [0.717, 1.165) is 27.6 Å². The Bertz CT molecular complexity index is 1730. The minimum Gasteiger partial charge on any atom is -0.495 e. The van der Waals surface area contributed by atoms with Crippen molar-refractivity contribution in [2.75, 3.05) is 33.9 Å². The number of rotatable bonds is 7. The Hall–Kier alpha value is -3.70. The maximum atomic E-state index is 14.5. The van der Waals surface area contributed by atoms with Gasteiger partial charge in [-0.25, -0.2) is 8.42 Å². The lowest BCUT2D eigenvalue weighted by Crippen LogP contribution is -2.48. The van der Waals surface area contributed by atoms with Gasteiger partial charge in [0.15, 0.2) is 0 Å². The molecule has 10 heteroatoms. The van der Waals surface area contributed by atoms with Gasteiger partial charge in [-0.05, 0) is 36.2 Å². The highest BCUT2D eigenvalue weighted by atomic mass is 32.2. The molecule has 0 saturated carbocycles. The highest BCUT2D eigenvalue weighted by Crippen LogP contribution is 2.38. The first-order valence-corrected chi connectivity index (χ1v) is 15.8. The summed E-state index contributed by atoms with van der Waals surface area (Å²) in [5, 5.41) is 11.2. The molecular formula is C33H39N3O6S. The number of fused-ring (bicyclic) bond motifs is 5. The zero-order valence-electron chi connectivity index (χ0n) is 25.2. The second kappa shape index (κ2) is 12.5. The molecule has 1 amide bonds. The topological polar surface area (TPSA) is 101 Å². The molecule has 0 bridgehead atoms. The Morgan fingerprint density at radius 3 is 2.49 bits per heavy atom. The summed E-state index contributed by atoms with van der Waals surface area (Å²) in [6.07, 6.45) is -0.568. The van der Waals surface area contributed by atoms with Gasteiger partial charge in [0.25, 0.3) is 5.91 Å². The predicted octanol–water partition coefficient (Wildman–Crippen LogP) is 4.53. The lowest BCUT2D eigenvalue weighted by Gasteiger charge is -2.35. The number of ether oxygens (including phenoxy) is 2. The number of para-hydroxylation sites is 2. The molecule has 9 nitrogen and oxygen atoms in total. The van der Waals surface area contributed by atoms with E-state index in [1.807, 2.05) is 74.0 Å². The number of aryl methyl sites for hydroxylation is 1. The summed E-state index contributed by atoms with van der Waals surface area (Å²) in [6, 6.07) is 21.8. The summed E-state index contributed by atoms with van der Waals surface area (Å²) < 4.78 is 42.4. The van der Waals surface area contributed by atoms with E-state index in [4.69, 9.17) is 9.47 Å².